The zero-order chi connectivity index (χ0) is 16.9. The van der Waals surface area contributed by atoms with Gasteiger partial charge in [0.25, 0.3) is 0 Å². The molecule has 24 heavy (non-hydrogen) atoms. The van der Waals surface area contributed by atoms with E-state index in [1.165, 1.54) is 5.56 Å². The first-order valence-electron chi connectivity index (χ1n) is 7.83. The van der Waals surface area contributed by atoms with E-state index in [0.717, 1.165) is 34.9 Å². The van der Waals surface area contributed by atoms with Crippen LogP contribution in [-0.2, 0) is 6.42 Å². The molecule has 0 saturated carbocycles. The van der Waals surface area contributed by atoms with Crippen LogP contribution in [0.4, 0.5) is 5.82 Å². The Hall–Kier alpha value is -2.73. The molecule has 0 radical (unpaired) electrons. The molecule has 2 heterocycles. The average Bonchev–Trinajstić information content (AvgIpc) is 2.96. The minimum atomic E-state index is 0.207. The van der Waals surface area contributed by atoms with Crippen molar-refractivity contribution in [2.75, 3.05) is 5.32 Å². The number of aromatic amines is 1. The van der Waals surface area contributed by atoms with E-state index >= 15 is 0 Å². The van der Waals surface area contributed by atoms with Gasteiger partial charge in [-0.05, 0) is 54.0 Å². The molecule has 0 spiro atoms. The molecule has 5 nitrogen and oxygen atoms in total. The highest BCUT2D eigenvalue weighted by molar-refractivity contribution is 7.80. The predicted octanol–water partition coefficient (Wildman–Crippen LogP) is 3.74. The summed E-state index contributed by atoms with van der Waals surface area (Å²) in [5.41, 5.74) is 9.98. The van der Waals surface area contributed by atoms with Crippen LogP contribution in [0.3, 0.4) is 0 Å². The quantitative estimate of drug-likeness (QED) is 0.618. The highest BCUT2D eigenvalue weighted by atomic mass is 32.1. The fraction of sp³-hybridized carbons (Fsp3) is 0.167. The van der Waals surface area contributed by atoms with E-state index < -0.39 is 0 Å². The topological polar surface area (TPSA) is 79.6 Å². The molecule has 1 aromatic carbocycles. The normalized spacial score (nSPS) is 11.2. The van der Waals surface area contributed by atoms with Crippen molar-refractivity contribution in [1.29, 1.82) is 0 Å². The van der Waals surface area contributed by atoms with Crippen LogP contribution >= 0.6 is 12.2 Å². The maximum absolute atomic E-state index is 5.59. The molecule has 0 amide bonds. The fourth-order valence-corrected chi connectivity index (χ4v) is 2.74. The Kier molecular flexibility index (Phi) is 4.86. The Labute approximate surface area is 146 Å². The van der Waals surface area contributed by atoms with Gasteiger partial charge in [0.1, 0.15) is 0 Å². The van der Waals surface area contributed by atoms with Crippen LogP contribution in [0.1, 0.15) is 30.0 Å². The number of thiocarbonyl (C=S) groups is 1. The fourth-order valence-electron chi connectivity index (χ4n) is 2.65. The summed E-state index contributed by atoms with van der Waals surface area (Å²) in [6.07, 6.45) is 9.79. The minimum Gasteiger partial charge on any atom is -0.376 e. The number of benzene rings is 1. The lowest BCUT2D eigenvalue weighted by atomic mass is 10.0. The molecule has 0 aliphatic heterocycles. The van der Waals surface area contributed by atoms with Crippen molar-refractivity contribution in [3.8, 4) is 0 Å². The van der Waals surface area contributed by atoms with Gasteiger partial charge in [-0.1, -0.05) is 25.5 Å². The third-order valence-electron chi connectivity index (χ3n) is 3.70. The molecule has 3 rings (SSSR count). The van der Waals surface area contributed by atoms with E-state index in [0.29, 0.717) is 5.82 Å². The maximum Gasteiger partial charge on any atom is 0.169 e. The number of rotatable bonds is 5. The number of H-pyrrole nitrogens is 1. The molecular weight excluding hydrogens is 318 g/mol. The third-order valence-corrected chi connectivity index (χ3v) is 3.81. The molecule has 3 aromatic rings. The molecule has 0 fully saturated rings. The maximum atomic E-state index is 5.59. The van der Waals surface area contributed by atoms with Gasteiger partial charge in [-0.25, -0.2) is 0 Å². The van der Waals surface area contributed by atoms with E-state index in [2.05, 4.69) is 51.7 Å². The second-order valence-electron chi connectivity index (χ2n) is 5.53. The average molecular weight is 337 g/mol. The zero-order valence-electron chi connectivity index (χ0n) is 13.4. The molecule has 4 N–H and O–H groups in total. The Bertz CT molecular complexity index is 883. The van der Waals surface area contributed by atoms with Gasteiger partial charge in [0, 0.05) is 23.3 Å². The Morgan fingerprint density at radius 3 is 2.79 bits per heavy atom. The number of anilines is 1. The molecule has 6 heteroatoms. The summed E-state index contributed by atoms with van der Waals surface area (Å²) in [6.45, 7) is 2.17. The number of aryl methyl sites for hydroxylation is 1. The largest absolute Gasteiger partial charge is 0.376 e. The van der Waals surface area contributed by atoms with Gasteiger partial charge in [0.2, 0.25) is 0 Å². The summed E-state index contributed by atoms with van der Waals surface area (Å²) >= 11 is 4.93. The minimum absolute atomic E-state index is 0.207. The molecule has 0 atom stereocenters. The molecule has 0 saturated heterocycles. The lowest BCUT2D eigenvalue weighted by Crippen LogP contribution is -2.19. The summed E-state index contributed by atoms with van der Waals surface area (Å²) in [5.74, 6) is 0.661. The number of aromatic nitrogens is 3. The van der Waals surface area contributed by atoms with Gasteiger partial charge in [0.15, 0.2) is 10.9 Å². The van der Waals surface area contributed by atoms with Crippen molar-refractivity contribution in [3.63, 3.8) is 0 Å². The summed E-state index contributed by atoms with van der Waals surface area (Å²) < 4.78 is 0. The van der Waals surface area contributed by atoms with E-state index in [1.807, 2.05) is 12.1 Å². The summed E-state index contributed by atoms with van der Waals surface area (Å²) in [4.78, 5) is 4.04. The van der Waals surface area contributed by atoms with E-state index in [-0.39, 0.29) is 5.11 Å². The second-order valence-corrected chi connectivity index (χ2v) is 5.97. The second kappa shape index (κ2) is 7.23. The molecule has 2 aromatic heterocycles. The monoisotopic (exact) mass is 337 g/mol. The summed E-state index contributed by atoms with van der Waals surface area (Å²) in [5, 5.41) is 11.5. The molecule has 0 aliphatic rings. The van der Waals surface area contributed by atoms with Crippen LogP contribution in [0.25, 0.3) is 23.1 Å². The number of hydrogen-bond acceptors (Lipinski definition) is 3. The molecule has 0 aliphatic carbocycles. The van der Waals surface area contributed by atoms with Crippen LogP contribution in [0, 0.1) is 0 Å². The van der Waals surface area contributed by atoms with Crippen molar-refractivity contribution in [2.45, 2.75) is 19.8 Å². The van der Waals surface area contributed by atoms with Gasteiger partial charge in [-0.15, -0.1) is 0 Å². The van der Waals surface area contributed by atoms with Crippen molar-refractivity contribution < 1.29 is 0 Å². The van der Waals surface area contributed by atoms with Gasteiger partial charge in [0.05, 0.1) is 5.52 Å². The first-order chi connectivity index (χ1) is 11.7. The Morgan fingerprint density at radius 1 is 1.29 bits per heavy atom. The van der Waals surface area contributed by atoms with Crippen LogP contribution in [0.5, 0.6) is 0 Å². The first-order valence-corrected chi connectivity index (χ1v) is 8.23. The first kappa shape index (κ1) is 16.1. The molecule has 0 bridgehead atoms. The number of fused-ring (bicyclic) bond motifs is 1. The lowest BCUT2D eigenvalue weighted by molar-refractivity contribution is 0.923. The number of nitrogens with two attached hydrogens (primary N) is 1. The highest BCUT2D eigenvalue weighted by Crippen LogP contribution is 2.27. The van der Waals surface area contributed by atoms with Gasteiger partial charge in [-0.3, -0.25) is 10.1 Å². The summed E-state index contributed by atoms with van der Waals surface area (Å²) in [7, 11) is 0. The van der Waals surface area contributed by atoms with E-state index in [9.17, 15) is 0 Å². The number of hydrogen-bond donors (Lipinski definition) is 3. The van der Waals surface area contributed by atoms with Gasteiger partial charge < -0.3 is 11.1 Å². The number of nitrogens with one attached hydrogen (secondary N) is 2. The van der Waals surface area contributed by atoms with Gasteiger partial charge in [-0.2, -0.15) is 5.10 Å². The molecule has 122 valence electrons. The van der Waals surface area contributed by atoms with Gasteiger partial charge >= 0.3 is 0 Å². The SMILES string of the molecule is CCCc1cc(C=Cc2ccncc2)c2[nH]nc(NC(N)=S)c2c1. The third kappa shape index (κ3) is 3.60. The standard InChI is InChI=1S/C18H19N5S/c1-2-3-13-10-14(5-4-12-6-8-20-9-7-12)16-15(11-13)17(23-22-16)21-18(19)24/h4-11H,2-3H2,1H3,(H4,19,21,22,23,24). The number of nitrogens with zero attached hydrogens (tertiary/aromatic N) is 2. The molecule has 0 unspecified atom stereocenters. The predicted molar refractivity (Wildman–Crippen MR) is 104 cm³/mol. The Morgan fingerprint density at radius 2 is 2.08 bits per heavy atom. The number of pyridine rings is 1. The van der Waals surface area contributed by atoms with Crippen molar-refractivity contribution >= 4 is 46.2 Å². The smallest absolute Gasteiger partial charge is 0.169 e. The Balaban J connectivity index is 2.06. The van der Waals surface area contributed by atoms with Crippen LogP contribution in [-0.4, -0.2) is 20.3 Å². The van der Waals surface area contributed by atoms with Crippen molar-refractivity contribution in [2.24, 2.45) is 5.73 Å². The zero-order valence-corrected chi connectivity index (χ0v) is 14.2. The van der Waals surface area contributed by atoms with Crippen LogP contribution < -0.4 is 11.1 Å². The summed E-state index contributed by atoms with van der Waals surface area (Å²) in [6, 6.07) is 8.26. The molecular formula is C18H19N5S. The van der Waals surface area contributed by atoms with E-state index in [1.54, 1.807) is 12.4 Å². The van der Waals surface area contributed by atoms with Crippen molar-refractivity contribution in [3.05, 3.63) is 53.3 Å². The van der Waals surface area contributed by atoms with Crippen LogP contribution in [0.2, 0.25) is 0 Å². The van der Waals surface area contributed by atoms with Crippen LogP contribution in [0.15, 0.2) is 36.7 Å². The van der Waals surface area contributed by atoms with E-state index in [4.69, 9.17) is 18.0 Å². The van der Waals surface area contributed by atoms with Crippen molar-refractivity contribution in [1.82, 2.24) is 15.2 Å². The lowest BCUT2D eigenvalue weighted by Gasteiger charge is -2.05. The highest BCUT2D eigenvalue weighted by Gasteiger charge is 2.10.